The largest absolute Gasteiger partial charge is 1.00 e. The van der Waals surface area contributed by atoms with Crippen LogP contribution in [0.15, 0.2) is 0 Å². The Bertz CT molecular complexity index is 681. The van der Waals surface area contributed by atoms with Crippen LogP contribution in [0.1, 0.15) is 52.3 Å². The van der Waals surface area contributed by atoms with Gasteiger partial charge in [0.25, 0.3) is 0 Å². The SMILES string of the molecule is CCC[C@H](C(=O)OC(C)(C)C)[C@H](C[B-](F)(F)F)c1nnnn1COCC[Si](C)(C)C.[K+]. The standard InChI is InChI=1S/C18H35BF3N4O3Si.K/c1-8-9-14(17(27)29-18(2,3)4)15(12-19(20,21)22)16-23-24-25-26(16)13-28-10-11-30(5,6)7;/h14-15H,8-13H2,1-7H3;/q-1;+1/t14-,15-;/m0./s1. The Balaban J connectivity index is 0.00000900. The number of esters is 1. The molecule has 2 atom stereocenters. The fraction of sp³-hybridized carbons (Fsp3) is 0.889. The molecule has 0 N–H and O–H groups in total. The molecule has 0 saturated heterocycles. The fourth-order valence-corrected chi connectivity index (χ4v) is 3.76. The third kappa shape index (κ3) is 12.9. The summed E-state index contributed by atoms with van der Waals surface area (Å²) < 4.78 is 52.7. The maximum atomic E-state index is 13.5. The molecule has 0 aliphatic rings. The van der Waals surface area contributed by atoms with Crippen molar-refractivity contribution >= 4 is 21.0 Å². The van der Waals surface area contributed by atoms with Gasteiger partial charge in [-0.3, -0.25) is 4.79 Å². The summed E-state index contributed by atoms with van der Waals surface area (Å²) in [6, 6.07) is 0.913. The first kappa shape index (κ1) is 31.2. The summed E-state index contributed by atoms with van der Waals surface area (Å²) in [6.07, 6.45) is -0.381. The second-order valence-electron chi connectivity index (χ2n) is 9.87. The summed E-state index contributed by atoms with van der Waals surface area (Å²) in [6.45, 7) is 8.74. The van der Waals surface area contributed by atoms with Crippen molar-refractivity contribution in [3.05, 3.63) is 5.82 Å². The normalized spacial score (nSPS) is 14.6. The van der Waals surface area contributed by atoms with Crippen LogP contribution in [0.3, 0.4) is 0 Å². The molecular weight excluding hydrogens is 455 g/mol. The third-order valence-corrected chi connectivity index (χ3v) is 6.12. The maximum Gasteiger partial charge on any atom is 1.00 e. The van der Waals surface area contributed by atoms with Gasteiger partial charge in [-0.1, -0.05) is 39.3 Å². The number of ether oxygens (including phenoxy) is 2. The molecule has 1 rings (SSSR count). The molecule has 7 nitrogen and oxygen atoms in total. The van der Waals surface area contributed by atoms with Crippen molar-refractivity contribution in [2.24, 2.45) is 5.92 Å². The molecule has 174 valence electrons. The summed E-state index contributed by atoms with van der Waals surface area (Å²) in [5.74, 6) is -2.88. The van der Waals surface area contributed by atoms with E-state index in [-0.39, 0.29) is 70.4 Å². The van der Waals surface area contributed by atoms with Gasteiger partial charge in [0.2, 0.25) is 0 Å². The van der Waals surface area contributed by atoms with Gasteiger partial charge in [-0.15, -0.1) is 5.10 Å². The number of carbonyl (C=O) groups is 1. The molecule has 13 heteroatoms. The van der Waals surface area contributed by atoms with Crippen molar-refractivity contribution in [3.63, 3.8) is 0 Å². The van der Waals surface area contributed by atoms with Gasteiger partial charge < -0.3 is 22.4 Å². The van der Waals surface area contributed by atoms with Crippen LogP contribution in [0.4, 0.5) is 12.9 Å². The van der Waals surface area contributed by atoms with Crippen LogP contribution in [0.25, 0.3) is 0 Å². The van der Waals surface area contributed by atoms with Gasteiger partial charge in [0.1, 0.15) is 12.3 Å². The molecule has 0 fully saturated rings. The van der Waals surface area contributed by atoms with Crippen LogP contribution in [0.2, 0.25) is 32.0 Å². The molecule has 0 saturated carbocycles. The number of aromatic nitrogens is 4. The second kappa shape index (κ2) is 13.2. The number of tetrazole rings is 1. The molecule has 0 spiro atoms. The Morgan fingerprint density at radius 1 is 1.23 bits per heavy atom. The Morgan fingerprint density at radius 3 is 2.32 bits per heavy atom. The van der Waals surface area contributed by atoms with Gasteiger partial charge in [-0.25, -0.2) is 4.68 Å². The molecule has 1 aromatic heterocycles. The van der Waals surface area contributed by atoms with E-state index in [9.17, 15) is 17.7 Å². The Morgan fingerprint density at radius 2 is 1.84 bits per heavy atom. The predicted octanol–water partition coefficient (Wildman–Crippen LogP) is 1.68. The van der Waals surface area contributed by atoms with Gasteiger partial charge in [0.05, 0.1) is 5.92 Å². The molecule has 0 radical (unpaired) electrons. The van der Waals surface area contributed by atoms with Gasteiger partial charge in [-0.2, -0.15) is 0 Å². The maximum absolute atomic E-state index is 13.5. The van der Waals surface area contributed by atoms with Crippen LogP contribution in [-0.2, 0) is 21.0 Å². The van der Waals surface area contributed by atoms with E-state index in [0.29, 0.717) is 13.0 Å². The van der Waals surface area contributed by atoms with Gasteiger partial charge in [0.15, 0.2) is 5.82 Å². The summed E-state index contributed by atoms with van der Waals surface area (Å²) in [5.41, 5.74) is -0.803. The number of hydrogen-bond acceptors (Lipinski definition) is 6. The Labute approximate surface area is 227 Å². The number of rotatable bonds is 12. The first-order valence-corrected chi connectivity index (χ1v) is 14.1. The van der Waals surface area contributed by atoms with Crippen LogP contribution in [-0.4, -0.2) is 53.4 Å². The molecule has 1 aromatic rings. The zero-order chi connectivity index (χ0) is 23.2. The van der Waals surface area contributed by atoms with E-state index in [1.54, 1.807) is 20.8 Å². The summed E-state index contributed by atoms with van der Waals surface area (Å²) >= 11 is 0. The van der Waals surface area contributed by atoms with Gasteiger partial charge >= 0.3 is 64.3 Å². The fourth-order valence-electron chi connectivity index (χ4n) is 3.01. The average molecular weight is 490 g/mol. The zero-order valence-corrected chi connectivity index (χ0v) is 24.2. The molecule has 31 heavy (non-hydrogen) atoms. The smallest absolute Gasteiger partial charge is 0.460 e. The van der Waals surface area contributed by atoms with E-state index in [2.05, 4.69) is 35.2 Å². The number of halogens is 3. The van der Waals surface area contributed by atoms with Crippen LogP contribution in [0, 0.1) is 5.92 Å². The van der Waals surface area contributed by atoms with Crippen molar-refractivity contribution in [3.8, 4) is 0 Å². The summed E-state index contributed by atoms with van der Waals surface area (Å²) in [7, 11) is -1.31. The minimum Gasteiger partial charge on any atom is -0.460 e. The Kier molecular flexibility index (Phi) is 13.3. The zero-order valence-electron chi connectivity index (χ0n) is 20.1. The van der Waals surface area contributed by atoms with Gasteiger partial charge in [0, 0.05) is 20.6 Å². The second-order valence-corrected chi connectivity index (χ2v) is 15.5. The average Bonchev–Trinajstić information content (AvgIpc) is 2.99. The first-order valence-electron chi connectivity index (χ1n) is 10.4. The summed E-state index contributed by atoms with van der Waals surface area (Å²) in [4.78, 5) is 12.8. The third-order valence-electron chi connectivity index (χ3n) is 4.42. The molecule has 1 heterocycles. The van der Waals surface area contributed by atoms with Crippen molar-refractivity contribution in [1.29, 1.82) is 0 Å². The monoisotopic (exact) mass is 490 g/mol. The van der Waals surface area contributed by atoms with E-state index in [0.717, 1.165) is 6.04 Å². The first-order chi connectivity index (χ1) is 13.6. The molecule has 0 unspecified atom stereocenters. The quantitative estimate of drug-likeness (QED) is 0.252. The number of hydrogen-bond donors (Lipinski definition) is 0. The van der Waals surface area contributed by atoms with Crippen molar-refractivity contribution in [2.45, 2.75) is 90.8 Å². The number of carbonyl (C=O) groups excluding carboxylic acids is 1. The Hall–Kier alpha value is 0.208. The van der Waals surface area contributed by atoms with Crippen LogP contribution >= 0.6 is 0 Å². The van der Waals surface area contributed by atoms with Crippen LogP contribution < -0.4 is 51.4 Å². The van der Waals surface area contributed by atoms with E-state index < -0.39 is 44.8 Å². The van der Waals surface area contributed by atoms with Crippen molar-refractivity contribution in [1.82, 2.24) is 20.2 Å². The van der Waals surface area contributed by atoms with E-state index >= 15 is 0 Å². The topological polar surface area (TPSA) is 79.1 Å². The molecule has 0 aliphatic carbocycles. The minimum atomic E-state index is -5.18. The van der Waals surface area contributed by atoms with Crippen LogP contribution in [0.5, 0.6) is 0 Å². The molecule has 0 bridgehead atoms. The van der Waals surface area contributed by atoms with E-state index in [1.807, 2.05) is 6.92 Å². The van der Waals surface area contributed by atoms with E-state index in [4.69, 9.17) is 9.47 Å². The van der Waals surface area contributed by atoms with Crippen molar-refractivity contribution < 1.29 is 78.6 Å². The van der Waals surface area contributed by atoms with Gasteiger partial charge in [-0.05, 0) is 43.7 Å². The molecule has 0 aliphatic heterocycles. The van der Waals surface area contributed by atoms with E-state index in [1.165, 1.54) is 4.68 Å². The minimum absolute atomic E-state index is 0. The van der Waals surface area contributed by atoms with Crippen molar-refractivity contribution in [2.75, 3.05) is 6.61 Å². The molecule has 0 amide bonds. The predicted molar refractivity (Wildman–Crippen MR) is 113 cm³/mol. The summed E-state index contributed by atoms with van der Waals surface area (Å²) in [5, 5.41) is 11.2. The molecule has 0 aromatic carbocycles. The molecular formula is C18H35BF3KN4O3Si. The number of nitrogens with zero attached hydrogens (tertiary/aromatic N) is 4.